The zero-order chi connectivity index (χ0) is 22.8. The molecule has 1 unspecified atom stereocenters. The first-order valence-corrected chi connectivity index (χ1v) is 11.3. The van der Waals surface area contributed by atoms with Crippen LogP contribution in [0.5, 0.6) is 0 Å². The standard InChI is InChI=1S/C26H27N3O4/c1-16(30)18-7-8-21-20(14-18)24(26(31)29-21)25(28-19-9-11-27-12-10-19)22-15-32-23(33-22)13-17-5-3-2-4-6-17/h2-8,14-15,19,23,27-28H,9-13H2,1H3,(H,29,31). The van der Waals surface area contributed by atoms with Gasteiger partial charge < -0.3 is 25.4 Å². The maximum absolute atomic E-state index is 13.1. The van der Waals surface area contributed by atoms with Crippen molar-refractivity contribution in [3.05, 3.63) is 82.9 Å². The fraction of sp³-hybridized carbons (Fsp3) is 0.308. The van der Waals surface area contributed by atoms with Gasteiger partial charge in [-0.3, -0.25) is 9.59 Å². The molecule has 2 aromatic rings. The normalized spacial score (nSPS) is 21.4. The van der Waals surface area contributed by atoms with E-state index in [0.717, 1.165) is 31.5 Å². The zero-order valence-electron chi connectivity index (χ0n) is 18.5. The molecule has 0 bridgehead atoms. The van der Waals surface area contributed by atoms with Crippen LogP contribution in [0.2, 0.25) is 0 Å². The first-order chi connectivity index (χ1) is 16.1. The summed E-state index contributed by atoms with van der Waals surface area (Å²) in [5.74, 6) is 0.228. The monoisotopic (exact) mass is 445 g/mol. The maximum atomic E-state index is 13.1. The van der Waals surface area contributed by atoms with Gasteiger partial charge in [0.05, 0.1) is 11.3 Å². The quantitative estimate of drug-likeness (QED) is 0.467. The van der Waals surface area contributed by atoms with Crippen LogP contribution in [0.25, 0.3) is 5.57 Å². The van der Waals surface area contributed by atoms with E-state index in [1.807, 2.05) is 30.3 Å². The first kappa shape index (κ1) is 21.3. The maximum Gasteiger partial charge on any atom is 0.258 e. The van der Waals surface area contributed by atoms with Crippen molar-refractivity contribution in [2.45, 2.75) is 38.5 Å². The predicted octanol–water partition coefficient (Wildman–Crippen LogP) is 3.35. The molecule has 7 heteroatoms. The topological polar surface area (TPSA) is 88.7 Å². The Bertz CT molecular complexity index is 1130. The number of amides is 1. The third-order valence-electron chi connectivity index (χ3n) is 6.19. The Morgan fingerprint density at radius 1 is 1.12 bits per heavy atom. The predicted molar refractivity (Wildman–Crippen MR) is 125 cm³/mol. The van der Waals surface area contributed by atoms with E-state index in [9.17, 15) is 9.59 Å². The first-order valence-electron chi connectivity index (χ1n) is 11.3. The van der Waals surface area contributed by atoms with Gasteiger partial charge in [-0.1, -0.05) is 30.3 Å². The molecule has 5 rings (SSSR count). The summed E-state index contributed by atoms with van der Waals surface area (Å²) in [6, 6.07) is 15.5. The van der Waals surface area contributed by atoms with E-state index in [0.29, 0.717) is 40.3 Å². The number of carbonyl (C=O) groups is 2. The summed E-state index contributed by atoms with van der Waals surface area (Å²) >= 11 is 0. The van der Waals surface area contributed by atoms with Crippen molar-refractivity contribution in [3.63, 3.8) is 0 Å². The Balaban J connectivity index is 1.49. The molecule has 3 aliphatic rings. The van der Waals surface area contributed by atoms with Crippen LogP contribution in [-0.2, 0) is 20.7 Å². The highest BCUT2D eigenvalue weighted by Gasteiger charge is 2.34. The Labute approximate surface area is 192 Å². The van der Waals surface area contributed by atoms with E-state index in [2.05, 4.69) is 16.0 Å². The number of rotatable bonds is 6. The van der Waals surface area contributed by atoms with Crippen LogP contribution in [0.15, 0.2) is 66.2 Å². The van der Waals surface area contributed by atoms with Crippen molar-refractivity contribution in [2.24, 2.45) is 0 Å². The van der Waals surface area contributed by atoms with E-state index in [1.165, 1.54) is 6.92 Å². The smallest absolute Gasteiger partial charge is 0.258 e. The van der Waals surface area contributed by atoms with Gasteiger partial charge in [-0.2, -0.15) is 0 Å². The van der Waals surface area contributed by atoms with E-state index >= 15 is 0 Å². The molecule has 2 aromatic carbocycles. The van der Waals surface area contributed by atoms with Gasteiger partial charge in [-0.15, -0.1) is 0 Å². The van der Waals surface area contributed by atoms with Crippen molar-refractivity contribution < 1.29 is 19.1 Å². The van der Waals surface area contributed by atoms with Gasteiger partial charge in [-0.25, -0.2) is 0 Å². The number of Topliss-reactive ketones (excluding diaryl/α,β-unsaturated/α-hetero) is 1. The third-order valence-corrected chi connectivity index (χ3v) is 6.19. The molecule has 3 N–H and O–H groups in total. The van der Waals surface area contributed by atoms with Gasteiger partial charge in [0.1, 0.15) is 6.26 Å². The van der Waals surface area contributed by atoms with E-state index in [1.54, 1.807) is 24.5 Å². The molecule has 1 amide bonds. The average molecular weight is 446 g/mol. The number of nitrogens with one attached hydrogen (secondary N) is 3. The number of piperidine rings is 1. The molecule has 1 saturated heterocycles. The lowest BCUT2D eigenvalue weighted by Gasteiger charge is -2.27. The van der Waals surface area contributed by atoms with Gasteiger partial charge in [0.2, 0.25) is 6.29 Å². The summed E-state index contributed by atoms with van der Waals surface area (Å²) in [4.78, 5) is 25.1. The molecule has 1 atom stereocenters. The fourth-order valence-electron chi connectivity index (χ4n) is 4.42. The summed E-state index contributed by atoms with van der Waals surface area (Å²) in [7, 11) is 0. The number of carbonyl (C=O) groups excluding carboxylic acids is 2. The van der Waals surface area contributed by atoms with E-state index in [4.69, 9.17) is 9.47 Å². The largest absolute Gasteiger partial charge is 0.458 e. The lowest BCUT2D eigenvalue weighted by molar-refractivity contribution is -0.110. The highest BCUT2D eigenvalue weighted by atomic mass is 16.7. The van der Waals surface area contributed by atoms with Gasteiger partial charge in [-0.05, 0) is 56.6 Å². The van der Waals surface area contributed by atoms with Gasteiger partial charge in [0, 0.05) is 29.3 Å². The third kappa shape index (κ3) is 4.50. The minimum Gasteiger partial charge on any atom is -0.458 e. The van der Waals surface area contributed by atoms with E-state index in [-0.39, 0.29) is 17.7 Å². The molecule has 0 aliphatic carbocycles. The molecular formula is C26H27N3O4. The second kappa shape index (κ2) is 9.11. The molecule has 170 valence electrons. The van der Waals surface area contributed by atoms with Crippen LogP contribution in [0.1, 0.15) is 41.3 Å². The lowest BCUT2D eigenvalue weighted by atomic mass is 9.99. The van der Waals surface area contributed by atoms with Crippen LogP contribution in [0.4, 0.5) is 5.69 Å². The summed E-state index contributed by atoms with van der Waals surface area (Å²) in [6.07, 6.45) is 3.57. The highest BCUT2D eigenvalue weighted by molar-refractivity contribution is 6.32. The lowest BCUT2D eigenvalue weighted by Crippen LogP contribution is -2.40. The van der Waals surface area contributed by atoms with Crippen molar-refractivity contribution >= 4 is 23.0 Å². The number of fused-ring (bicyclic) bond motifs is 1. The van der Waals surface area contributed by atoms with Crippen LogP contribution in [0.3, 0.4) is 0 Å². The summed E-state index contributed by atoms with van der Waals surface area (Å²) in [6.45, 7) is 3.34. The Kier molecular flexibility index (Phi) is 5.88. The molecular weight excluding hydrogens is 418 g/mol. The van der Waals surface area contributed by atoms with Crippen molar-refractivity contribution in [2.75, 3.05) is 18.4 Å². The summed E-state index contributed by atoms with van der Waals surface area (Å²) in [5.41, 5.74) is 4.12. The van der Waals surface area contributed by atoms with Crippen molar-refractivity contribution in [3.8, 4) is 0 Å². The van der Waals surface area contributed by atoms with Crippen LogP contribution < -0.4 is 16.0 Å². The zero-order valence-corrected chi connectivity index (χ0v) is 18.5. The second-order valence-electron chi connectivity index (χ2n) is 8.54. The molecule has 0 radical (unpaired) electrons. The van der Waals surface area contributed by atoms with Gasteiger partial charge in [0.15, 0.2) is 11.5 Å². The number of hydrogen-bond acceptors (Lipinski definition) is 6. The summed E-state index contributed by atoms with van der Waals surface area (Å²) < 4.78 is 12.0. The molecule has 33 heavy (non-hydrogen) atoms. The molecule has 1 fully saturated rings. The Morgan fingerprint density at radius 2 is 1.91 bits per heavy atom. The number of ketones is 1. The van der Waals surface area contributed by atoms with Crippen LogP contribution in [-0.4, -0.2) is 37.1 Å². The SMILES string of the molecule is CC(=O)c1ccc2c(c1)C(=C(NC1CCNCC1)C1=COC(Cc3ccccc3)O1)C(=O)N2. The average Bonchev–Trinajstić information content (AvgIpc) is 3.42. The minimum atomic E-state index is -0.472. The highest BCUT2D eigenvalue weighted by Crippen LogP contribution is 2.38. The van der Waals surface area contributed by atoms with Crippen LogP contribution >= 0.6 is 0 Å². The Hall–Kier alpha value is -3.58. The van der Waals surface area contributed by atoms with Crippen molar-refractivity contribution in [1.29, 1.82) is 0 Å². The van der Waals surface area contributed by atoms with E-state index < -0.39 is 6.29 Å². The molecule has 0 spiro atoms. The van der Waals surface area contributed by atoms with Gasteiger partial charge >= 0.3 is 0 Å². The number of benzene rings is 2. The summed E-state index contributed by atoms with van der Waals surface area (Å²) in [5, 5.41) is 9.85. The minimum absolute atomic E-state index is 0.0491. The Morgan fingerprint density at radius 3 is 2.67 bits per heavy atom. The number of anilines is 1. The number of hydrogen-bond donors (Lipinski definition) is 3. The second-order valence-corrected chi connectivity index (χ2v) is 8.54. The van der Waals surface area contributed by atoms with Crippen molar-refractivity contribution in [1.82, 2.24) is 10.6 Å². The molecule has 7 nitrogen and oxygen atoms in total. The van der Waals surface area contributed by atoms with Crippen LogP contribution in [0, 0.1) is 0 Å². The molecule has 0 saturated carbocycles. The molecule has 0 aromatic heterocycles. The number of ether oxygens (including phenoxy) is 2. The molecule has 3 heterocycles. The van der Waals surface area contributed by atoms with Gasteiger partial charge in [0.25, 0.3) is 5.91 Å². The fourth-order valence-corrected chi connectivity index (χ4v) is 4.42. The molecule has 3 aliphatic heterocycles.